The summed E-state index contributed by atoms with van der Waals surface area (Å²) in [4.78, 5) is 0. The molecular formula is C13H29NO. The second kappa shape index (κ2) is 7.24. The Morgan fingerprint density at radius 2 is 1.80 bits per heavy atom. The molecular weight excluding hydrogens is 186 g/mol. The summed E-state index contributed by atoms with van der Waals surface area (Å²) < 4.78 is 5.93. The normalized spacial score (nSPS) is 17.8. The summed E-state index contributed by atoms with van der Waals surface area (Å²) in [5.74, 6) is 0.709. The number of rotatable bonds is 8. The highest BCUT2D eigenvalue weighted by molar-refractivity contribution is 4.89. The highest BCUT2D eigenvalue weighted by Gasteiger charge is 2.32. The van der Waals surface area contributed by atoms with Crippen LogP contribution in [0.2, 0.25) is 0 Å². The van der Waals surface area contributed by atoms with Crippen LogP contribution in [-0.2, 0) is 4.74 Å². The van der Waals surface area contributed by atoms with Gasteiger partial charge in [-0.15, -0.1) is 0 Å². The lowest BCUT2D eigenvalue weighted by atomic mass is 9.87. The highest BCUT2D eigenvalue weighted by atomic mass is 16.5. The first-order valence-corrected chi connectivity index (χ1v) is 6.37. The molecule has 0 saturated carbocycles. The van der Waals surface area contributed by atoms with Crippen molar-refractivity contribution in [2.75, 3.05) is 13.2 Å². The molecule has 0 fully saturated rings. The minimum Gasteiger partial charge on any atom is -0.374 e. The second-order valence-electron chi connectivity index (χ2n) is 4.84. The predicted octanol–water partition coefficient (Wildman–Crippen LogP) is 3.22. The Morgan fingerprint density at radius 1 is 1.20 bits per heavy atom. The fourth-order valence-electron chi connectivity index (χ4n) is 2.05. The zero-order chi connectivity index (χ0) is 11.9. The summed E-state index contributed by atoms with van der Waals surface area (Å²) in [5, 5.41) is 3.57. The maximum Gasteiger partial charge on any atom is 0.0804 e. The average Bonchev–Trinajstić information content (AvgIpc) is 2.17. The molecule has 0 saturated heterocycles. The Kier molecular flexibility index (Phi) is 7.20. The first-order chi connectivity index (χ1) is 7.00. The van der Waals surface area contributed by atoms with Crippen LogP contribution >= 0.6 is 0 Å². The van der Waals surface area contributed by atoms with Gasteiger partial charge in [-0.05, 0) is 39.2 Å². The van der Waals surface area contributed by atoms with Crippen LogP contribution in [0.15, 0.2) is 0 Å². The summed E-state index contributed by atoms with van der Waals surface area (Å²) in [7, 11) is 0. The molecule has 0 aromatic carbocycles. The van der Waals surface area contributed by atoms with Gasteiger partial charge < -0.3 is 10.1 Å². The van der Waals surface area contributed by atoms with Gasteiger partial charge in [0.15, 0.2) is 0 Å². The molecule has 0 aromatic heterocycles. The van der Waals surface area contributed by atoms with Crippen LogP contribution in [0.4, 0.5) is 0 Å². The monoisotopic (exact) mass is 215 g/mol. The zero-order valence-corrected chi connectivity index (χ0v) is 11.4. The van der Waals surface area contributed by atoms with Crippen molar-refractivity contribution in [1.82, 2.24) is 5.32 Å². The molecule has 0 aliphatic rings. The Morgan fingerprint density at radius 3 is 2.13 bits per heavy atom. The summed E-state index contributed by atoms with van der Waals surface area (Å²) in [5.41, 5.74) is -0.0188. The van der Waals surface area contributed by atoms with E-state index in [-0.39, 0.29) is 5.60 Å². The van der Waals surface area contributed by atoms with Crippen LogP contribution in [0.25, 0.3) is 0 Å². The standard InChI is InChI=1S/C13H29NO/c1-7-13(6,15-9-3)12(14-8-2)10-11(4)5/h11-12,14H,7-10H2,1-6H3. The first-order valence-electron chi connectivity index (χ1n) is 6.37. The van der Waals surface area contributed by atoms with Crippen molar-refractivity contribution in [1.29, 1.82) is 0 Å². The fourth-order valence-corrected chi connectivity index (χ4v) is 2.05. The molecule has 0 spiro atoms. The van der Waals surface area contributed by atoms with Gasteiger partial charge in [-0.3, -0.25) is 0 Å². The molecule has 15 heavy (non-hydrogen) atoms. The number of likely N-dealkylation sites (N-methyl/N-ethyl adjacent to an activating group) is 1. The smallest absolute Gasteiger partial charge is 0.0804 e. The van der Waals surface area contributed by atoms with Gasteiger partial charge in [0.05, 0.1) is 5.60 Å². The van der Waals surface area contributed by atoms with Crippen molar-refractivity contribution in [2.45, 2.75) is 66.0 Å². The molecule has 92 valence electrons. The average molecular weight is 215 g/mol. The van der Waals surface area contributed by atoms with Crippen molar-refractivity contribution in [3.05, 3.63) is 0 Å². The summed E-state index contributed by atoms with van der Waals surface area (Å²) >= 11 is 0. The fraction of sp³-hybridized carbons (Fsp3) is 1.00. The van der Waals surface area contributed by atoms with E-state index in [4.69, 9.17) is 4.74 Å². The second-order valence-corrected chi connectivity index (χ2v) is 4.84. The van der Waals surface area contributed by atoms with Crippen molar-refractivity contribution >= 4 is 0 Å². The van der Waals surface area contributed by atoms with Crippen molar-refractivity contribution in [2.24, 2.45) is 5.92 Å². The van der Waals surface area contributed by atoms with Gasteiger partial charge in [-0.1, -0.05) is 27.7 Å². The molecule has 0 bridgehead atoms. The lowest BCUT2D eigenvalue weighted by Gasteiger charge is -2.38. The van der Waals surface area contributed by atoms with E-state index >= 15 is 0 Å². The van der Waals surface area contributed by atoms with Crippen molar-refractivity contribution in [3.63, 3.8) is 0 Å². The Hall–Kier alpha value is -0.0800. The molecule has 0 aliphatic carbocycles. The van der Waals surface area contributed by atoms with E-state index < -0.39 is 0 Å². The van der Waals surface area contributed by atoms with Gasteiger partial charge in [0.25, 0.3) is 0 Å². The van der Waals surface area contributed by atoms with Crippen LogP contribution in [0.3, 0.4) is 0 Å². The minimum absolute atomic E-state index is 0.0188. The number of hydrogen-bond donors (Lipinski definition) is 1. The molecule has 0 radical (unpaired) electrons. The highest BCUT2D eigenvalue weighted by Crippen LogP contribution is 2.24. The molecule has 0 rings (SSSR count). The molecule has 0 heterocycles. The van der Waals surface area contributed by atoms with E-state index in [0.717, 1.165) is 19.6 Å². The molecule has 2 atom stereocenters. The number of ether oxygens (including phenoxy) is 1. The lowest BCUT2D eigenvalue weighted by Crippen LogP contribution is -2.51. The van der Waals surface area contributed by atoms with Gasteiger partial charge in [0, 0.05) is 12.6 Å². The van der Waals surface area contributed by atoms with E-state index in [1.807, 2.05) is 0 Å². The maximum atomic E-state index is 5.93. The van der Waals surface area contributed by atoms with E-state index in [9.17, 15) is 0 Å². The van der Waals surface area contributed by atoms with Crippen molar-refractivity contribution in [3.8, 4) is 0 Å². The largest absolute Gasteiger partial charge is 0.374 e. The SMILES string of the molecule is CCNC(CC(C)C)C(C)(CC)OCC. The van der Waals surface area contributed by atoms with Gasteiger partial charge in [0.2, 0.25) is 0 Å². The molecule has 0 amide bonds. The minimum atomic E-state index is -0.0188. The summed E-state index contributed by atoms with van der Waals surface area (Å²) in [6.07, 6.45) is 2.24. The van der Waals surface area contributed by atoms with Crippen molar-refractivity contribution < 1.29 is 4.74 Å². The Bertz CT molecular complexity index is 159. The van der Waals surface area contributed by atoms with Crippen LogP contribution in [0.5, 0.6) is 0 Å². The van der Waals surface area contributed by atoms with Gasteiger partial charge >= 0.3 is 0 Å². The quantitative estimate of drug-likeness (QED) is 0.671. The number of nitrogens with one attached hydrogen (secondary N) is 1. The maximum absolute atomic E-state index is 5.93. The van der Waals surface area contributed by atoms with E-state index in [1.54, 1.807) is 0 Å². The third-order valence-corrected chi connectivity index (χ3v) is 3.07. The topological polar surface area (TPSA) is 21.3 Å². The molecule has 1 N–H and O–H groups in total. The van der Waals surface area contributed by atoms with Gasteiger partial charge in [-0.2, -0.15) is 0 Å². The summed E-state index contributed by atoms with van der Waals surface area (Å²) in [6.45, 7) is 15.0. The van der Waals surface area contributed by atoms with E-state index in [0.29, 0.717) is 12.0 Å². The Labute approximate surface area is 95.8 Å². The molecule has 2 unspecified atom stereocenters. The van der Waals surface area contributed by atoms with Crippen LogP contribution in [0, 0.1) is 5.92 Å². The molecule has 2 nitrogen and oxygen atoms in total. The van der Waals surface area contributed by atoms with E-state index in [2.05, 4.69) is 46.9 Å². The third kappa shape index (κ3) is 4.98. The van der Waals surface area contributed by atoms with Gasteiger partial charge in [-0.25, -0.2) is 0 Å². The Balaban J connectivity index is 4.51. The van der Waals surface area contributed by atoms with Crippen LogP contribution in [-0.4, -0.2) is 24.8 Å². The lowest BCUT2D eigenvalue weighted by molar-refractivity contribution is -0.0591. The molecule has 0 aromatic rings. The van der Waals surface area contributed by atoms with Crippen LogP contribution in [0.1, 0.15) is 54.4 Å². The summed E-state index contributed by atoms with van der Waals surface area (Å²) in [6, 6.07) is 0.465. The third-order valence-electron chi connectivity index (χ3n) is 3.07. The van der Waals surface area contributed by atoms with Gasteiger partial charge in [0.1, 0.15) is 0 Å². The molecule has 0 aliphatic heterocycles. The number of hydrogen-bond acceptors (Lipinski definition) is 2. The zero-order valence-electron chi connectivity index (χ0n) is 11.4. The molecule has 2 heteroatoms. The van der Waals surface area contributed by atoms with Crippen LogP contribution < -0.4 is 5.32 Å². The first kappa shape index (κ1) is 14.9. The van der Waals surface area contributed by atoms with E-state index in [1.165, 1.54) is 6.42 Å². The predicted molar refractivity (Wildman–Crippen MR) is 67.2 cm³/mol.